The summed E-state index contributed by atoms with van der Waals surface area (Å²) in [6.45, 7) is 0.469. The van der Waals surface area contributed by atoms with Gasteiger partial charge in [0, 0.05) is 11.9 Å². The zero-order valence-electron chi connectivity index (χ0n) is 8.62. The van der Waals surface area contributed by atoms with Gasteiger partial charge in [0.1, 0.15) is 0 Å². The largest absolute Gasteiger partial charge is 0.395 e. The van der Waals surface area contributed by atoms with Crippen LogP contribution in [-0.2, 0) is 11.3 Å². The second-order valence-electron chi connectivity index (χ2n) is 4.17. The summed E-state index contributed by atoms with van der Waals surface area (Å²) in [4.78, 5) is 14.8. The van der Waals surface area contributed by atoms with Crippen LogP contribution < -0.4 is 5.32 Å². The van der Waals surface area contributed by atoms with Crippen LogP contribution in [0, 0.1) is 5.41 Å². The second-order valence-corrected chi connectivity index (χ2v) is 4.17. The summed E-state index contributed by atoms with van der Waals surface area (Å²) in [5, 5.41) is 12.0. The number of carbonyl (C=O) groups is 1. The molecule has 4 nitrogen and oxygen atoms in total. The number of nitrogens with one attached hydrogen (secondary N) is 2. The summed E-state index contributed by atoms with van der Waals surface area (Å²) in [6, 6.07) is 3.82. The van der Waals surface area contributed by atoms with Crippen molar-refractivity contribution >= 4 is 5.91 Å². The van der Waals surface area contributed by atoms with Crippen molar-refractivity contribution in [2.75, 3.05) is 6.61 Å². The van der Waals surface area contributed by atoms with Gasteiger partial charge in [-0.05, 0) is 25.0 Å². The number of hydrogen-bond acceptors (Lipinski definition) is 2. The minimum atomic E-state index is -0.493. The Kier molecular flexibility index (Phi) is 2.77. The van der Waals surface area contributed by atoms with Crippen molar-refractivity contribution in [3.05, 3.63) is 24.0 Å². The Morgan fingerprint density at radius 2 is 2.40 bits per heavy atom. The van der Waals surface area contributed by atoms with Crippen molar-refractivity contribution in [1.82, 2.24) is 10.3 Å². The SMILES string of the molecule is O=C(NCc1ccc[nH]1)C1(CO)CCC1. The van der Waals surface area contributed by atoms with Gasteiger partial charge < -0.3 is 15.4 Å². The molecule has 1 heterocycles. The average molecular weight is 208 g/mol. The van der Waals surface area contributed by atoms with Gasteiger partial charge in [-0.25, -0.2) is 0 Å². The van der Waals surface area contributed by atoms with E-state index in [-0.39, 0.29) is 12.5 Å². The third-order valence-electron chi connectivity index (χ3n) is 3.20. The van der Waals surface area contributed by atoms with Crippen LogP contribution in [0.25, 0.3) is 0 Å². The minimum Gasteiger partial charge on any atom is -0.395 e. The summed E-state index contributed by atoms with van der Waals surface area (Å²) in [5.41, 5.74) is 0.489. The molecule has 0 bridgehead atoms. The van der Waals surface area contributed by atoms with E-state index in [1.54, 1.807) is 0 Å². The summed E-state index contributed by atoms with van der Waals surface area (Å²) in [5.74, 6) is -0.0224. The van der Waals surface area contributed by atoms with Gasteiger partial charge >= 0.3 is 0 Å². The lowest BCUT2D eigenvalue weighted by atomic mass is 9.68. The average Bonchev–Trinajstić information content (AvgIpc) is 2.66. The van der Waals surface area contributed by atoms with Gasteiger partial charge in [0.2, 0.25) is 5.91 Å². The number of H-pyrrole nitrogens is 1. The molecule has 1 amide bonds. The lowest BCUT2D eigenvalue weighted by molar-refractivity contribution is -0.139. The Morgan fingerprint density at radius 3 is 2.87 bits per heavy atom. The first kappa shape index (κ1) is 10.2. The van der Waals surface area contributed by atoms with Gasteiger partial charge in [-0.2, -0.15) is 0 Å². The Labute approximate surface area is 88.7 Å². The first-order chi connectivity index (χ1) is 7.27. The number of aliphatic hydroxyl groups excluding tert-OH is 1. The van der Waals surface area contributed by atoms with Crippen LogP contribution in [0.2, 0.25) is 0 Å². The lowest BCUT2D eigenvalue weighted by Crippen LogP contribution is -2.47. The number of rotatable bonds is 4. The molecule has 0 aromatic carbocycles. The Balaban J connectivity index is 1.87. The minimum absolute atomic E-state index is 0.0224. The standard InChI is InChI=1S/C11H16N2O2/c14-8-11(4-2-5-11)10(15)13-7-9-3-1-6-12-9/h1,3,6,12,14H,2,4-5,7-8H2,(H,13,15). The lowest BCUT2D eigenvalue weighted by Gasteiger charge is -2.38. The molecule has 2 rings (SSSR count). The molecule has 1 aromatic rings. The zero-order chi connectivity index (χ0) is 10.7. The van der Waals surface area contributed by atoms with Crippen LogP contribution in [0.3, 0.4) is 0 Å². The van der Waals surface area contributed by atoms with E-state index in [0.717, 1.165) is 25.0 Å². The van der Waals surface area contributed by atoms with Crippen molar-refractivity contribution in [1.29, 1.82) is 0 Å². The number of carbonyl (C=O) groups excluding carboxylic acids is 1. The topological polar surface area (TPSA) is 65.1 Å². The molecule has 0 unspecified atom stereocenters. The molecule has 1 aliphatic rings. The van der Waals surface area contributed by atoms with Gasteiger partial charge in [-0.1, -0.05) is 6.42 Å². The zero-order valence-corrected chi connectivity index (χ0v) is 8.62. The van der Waals surface area contributed by atoms with Crippen molar-refractivity contribution in [2.24, 2.45) is 5.41 Å². The normalized spacial score (nSPS) is 18.2. The molecule has 4 heteroatoms. The van der Waals surface area contributed by atoms with Gasteiger partial charge in [0.15, 0.2) is 0 Å². The summed E-state index contributed by atoms with van der Waals surface area (Å²) in [6.07, 6.45) is 4.48. The van der Waals surface area contributed by atoms with Crippen molar-refractivity contribution in [2.45, 2.75) is 25.8 Å². The highest BCUT2D eigenvalue weighted by Crippen LogP contribution is 2.40. The third kappa shape index (κ3) is 1.90. The van der Waals surface area contributed by atoms with Gasteiger partial charge in [-0.3, -0.25) is 4.79 Å². The monoisotopic (exact) mass is 208 g/mol. The van der Waals surface area contributed by atoms with Gasteiger partial charge in [-0.15, -0.1) is 0 Å². The Morgan fingerprint density at radius 1 is 1.60 bits per heavy atom. The maximum atomic E-state index is 11.8. The fourth-order valence-electron chi connectivity index (χ4n) is 1.90. The Bertz CT molecular complexity index is 323. The molecule has 1 fully saturated rings. The number of hydrogen-bond donors (Lipinski definition) is 3. The number of aromatic amines is 1. The summed E-state index contributed by atoms with van der Waals surface area (Å²) >= 11 is 0. The fourth-order valence-corrected chi connectivity index (χ4v) is 1.90. The first-order valence-corrected chi connectivity index (χ1v) is 5.28. The van der Waals surface area contributed by atoms with Crippen LogP contribution >= 0.6 is 0 Å². The maximum Gasteiger partial charge on any atom is 0.228 e. The highest BCUT2D eigenvalue weighted by Gasteiger charge is 2.43. The molecule has 0 radical (unpaired) electrons. The van der Waals surface area contributed by atoms with E-state index in [1.165, 1.54) is 0 Å². The van der Waals surface area contributed by atoms with Crippen molar-refractivity contribution < 1.29 is 9.90 Å². The van der Waals surface area contributed by atoms with E-state index in [0.29, 0.717) is 6.54 Å². The molecule has 1 saturated carbocycles. The molecular weight excluding hydrogens is 192 g/mol. The highest BCUT2D eigenvalue weighted by molar-refractivity contribution is 5.83. The van der Waals surface area contributed by atoms with E-state index in [4.69, 9.17) is 0 Å². The molecule has 15 heavy (non-hydrogen) atoms. The quantitative estimate of drug-likeness (QED) is 0.685. The molecule has 0 atom stereocenters. The van der Waals surface area contributed by atoms with Crippen LogP contribution in [-0.4, -0.2) is 22.6 Å². The van der Waals surface area contributed by atoms with E-state index in [9.17, 15) is 9.90 Å². The van der Waals surface area contributed by atoms with Gasteiger partial charge in [0.05, 0.1) is 18.6 Å². The van der Waals surface area contributed by atoms with Crippen molar-refractivity contribution in [3.8, 4) is 0 Å². The van der Waals surface area contributed by atoms with E-state index in [2.05, 4.69) is 10.3 Å². The predicted molar refractivity (Wildman–Crippen MR) is 56.0 cm³/mol. The van der Waals surface area contributed by atoms with E-state index < -0.39 is 5.41 Å². The van der Waals surface area contributed by atoms with Crippen LogP contribution in [0.5, 0.6) is 0 Å². The smallest absolute Gasteiger partial charge is 0.228 e. The third-order valence-corrected chi connectivity index (χ3v) is 3.20. The Hall–Kier alpha value is -1.29. The number of aromatic nitrogens is 1. The molecule has 1 aliphatic carbocycles. The molecule has 82 valence electrons. The van der Waals surface area contributed by atoms with E-state index in [1.807, 2.05) is 18.3 Å². The first-order valence-electron chi connectivity index (χ1n) is 5.28. The maximum absolute atomic E-state index is 11.8. The van der Waals surface area contributed by atoms with Crippen LogP contribution in [0.4, 0.5) is 0 Å². The molecule has 3 N–H and O–H groups in total. The number of aliphatic hydroxyl groups is 1. The van der Waals surface area contributed by atoms with Crippen LogP contribution in [0.15, 0.2) is 18.3 Å². The molecule has 0 spiro atoms. The fraction of sp³-hybridized carbons (Fsp3) is 0.545. The molecule has 1 aromatic heterocycles. The predicted octanol–water partition coefficient (Wildman–Crippen LogP) is 0.793. The number of amides is 1. The van der Waals surface area contributed by atoms with Gasteiger partial charge in [0.25, 0.3) is 0 Å². The highest BCUT2D eigenvalue weighted by atomic mass is 16.3. The summed E-state index contributed by atoms with van der Waals surface area (Å²) in [7, 11) is 0. The molecule has 0 saturated heterocycles. The van der Waals surface area contributed by atoms with Crippen molar-refractivity contribution in [3.63, 3.8) is 0 Å². The molecular formula is C11H16N2O2. The summed E-state index contributed by atoms with van der Waals surface area (Å²) < 4.78 is 0. The van der Waals surface area contributed by atoms with Crippen LogP contribution in [0.1, 0.15) is 25.0 Å². The second kappa shape index (κ2) is 4.06. The molecule has 0 aliphatic heterocycles. The van der Waals surface area contributed by atoms with E-state index >= 15 is 0 Å².